The van der Waals surface area contributed by atoms with Gasteiger partial charge in [0.15, 0.2) is 0 Å². The summed E-state index contributed by atoms with van der Waals surface area (Å²) < 4.78 is 0.673. The Hall–Kier alpha value is -1.33. The summed E-state index contributed by atoms with van der Waals surface area (Å²) in [4.78, 5) is 25.3. The van der Waals surface area contributed by atoms with Crippen molar-refractivity contribution >= 4 is 40.8 Å². The van der Waals surface area contributed by atoms with E-state index in [2.05, 4.69) is 0 Å². The largest absolute Gasteiger partial charge is 0.368 e. The van der Waals surface area contributed by atoms with Gasteiger partial charge in [-0.1, -0.05) is 24.9 Å². The van der Waals surface area contributed by atoms with Crippen LogP contribution in [0.1, 0.15) is 24.6 Å². The average Bonchev–Trinajstić information content (AvgIpc) is 2.77. The van der Waals surface area contributed by atoms with E-state index in [1.165, 1.54) is 22.3 Å². The zero-order valence-electron chi connectivity index (χ0n) is 10.8. The lowest BCUT2D eigenvalue weighted by Crippen LogP contribution is -2.38. The summed E-state index contributed by atoms with van der Waals surface area (Å²) in [6.45, 7) is 2.51. The molecule has 0 aliphatic rings. The Morgan fingerprint density at radius 2 is 2.21 bits per heavy atom. The molecule has 0 radical (unpaired) electrons. The summed E-state index contributed by atoms with van der Waals surface area (Å²) in [7, 11) is 0. The highest BCUT2D eigenvalue weighted by Gasteiger charge is 2.12. The molecular formula is C13H17ClN2O2S. The molecule has 0 bridgehead atoms. The molecule has 6 heteroatoms. The van der Waals surface area contributed by atoms with E-state index in [0.717, 1.165) is 17.7 Å². The predicted octanol–water partition coefficient (Wildman–Crippen LogP) is 2.53. The maximum absolute atomic E-state index is 12.0. The molecule has 2 N–H and O–H groups in total. The molecule has 1 rings (SSSR count). The smallest absolute Gasteiger partial charge is 0.247 e. The number of hydrogen-bond acceptors (Lipinski definition) is 3. The van der Waals surface area contributed by atoms with E-state index in [9.17, 15) is 9.59 Å². The van der Waals surface area contributed by atoms with Gasteiger partial charge in [0, 0.05) is 17.5 Å². The number of nitrogens with zero attached hydrogens (tertiary/aromatic N) is 1. The van der Waals surface area contributed by atoms with Gasteiger partial charge in [-0.15, -0.1) is 11.3 Å². The van der Waals surface area contributed by atoms with Gasteiger partial charge in [0.1, 0.15) is 0 Å². The molecule has 1 aromatic heterocycles. The zero-order valence-corrected chi connectivity index (χ0v) is 12.3. The van der Waals surface area contributed by atoms with Crippen LogP contribution in [0, 0.1) is 0 Å². The van der Waals surface area contributed by atoms with E-state index in [1.807, 2.05) is 13.0 Å². The van der Waals surface area contributed by atoms with Gasteiger partial charge in [-0.05, 0) is 24.6 Å². The SMILES string of the molecule is CCCCN(CC(N)=O)C(=O)C=Cc1ccc(Cl)s1. The summed E-state index contributed by atoms with van der Waals surface area (Å²) in [6, 6.07) is 3.61. The lowest BCUT2D eigenvalue weighted by molar-refractivity contribution is -0.131. The van der Waals surface area contributed by atoms with Crippen LogP contribution in [0.2, 0.25) is 4.34 Å². The van der Waals surface area contributed by atoms with E-state index in [0.29, 0.717) is 10.9 Å². The number of nitrogens with two attached hydrogens (primary N) is 1. The third-order valence-corrected chi connectivity index (χ3v) is 3.62. The van der Waals surface area contributed by atoms with E-state index in [-0.39, 0.29) is 12.5 Å². The van der Waals surface area contributed by atoms with Crippen molar-refractivity contribution < 1.29 is 9.59 Å². The summed E-state index contributed by atoms with van der Waals surface area (Å²) in [5.74, 6) is -0.714. The third-order valence-electron chi connectivity index (χ3n) is 2.42. The number of amides is 2. The molecule has 0 unspecified atom stereocenters. The van der Waals surface area contributed by atoms with Crippen LogP contribution in [-0.4, -0.2) is 29.8 Å². The van der Waals surface area contributed by atoms with Gasteiger partial charge >= 0.3 is 0 Å². The molecule has 0 aromatic carbocycles. The molecule has 0 atom stereocenters. The van der Waals surface area contributed by atoms with Crippen molar-refractivity contribution in [1.29, 1.82) is 0 Å². The molecule has 0 spiro atoms. The maximum atomic E-state index is 12.0. The van der Waals surface area contributed by atoms with Crippen molar-refractivity contribution in [1.82, 2.24) is 4.90 Å². The number of carbonyl (C=O) groups excluding carboxylic acids is 2. The minimum absolute atomic E-state index is 0.0473. The van der Waals surface area contributed by atoms with Crippen LogP contribution in [0.4, 0.5) is 0 Å². The van der Waals surface area contributed by atoms with Crippen LogP contribution in [0.3, 0.4) is 0 Å². The number of unbranched alkanes of at least 4 members (excludes halogenated alkanes) is 1. The van der Waals surface area contributed by atoms with E-state index in [4.69, 9.17) is 17.3 Å². The molecule has 1 heterocycles. The zero-order chi connectivity index (χ0) is 14.3. The second-order valence-corrected chi connectivity index (χ2v) is 5.80. The molecule has 0 aliphatic carbocycles. The molecule has 0 saturated carbocycles. The lowest BCUT2D eigenvalue weighted by atomic mass is 10.3. The first kappa shape index (κ1) is 15.7. The van der Waals surface area contributed by atoms with Crippen LogP contribution in [-0.2, 0) is 9.59 Å². The number of carbonyl (C=O) groups is 2. The summed E-state index contributed by atoms with van der Waals surface area (Å²) in [6.07, 6.45) is 4.93. The van der Waals surface area contributed by atoms with Crippen molar-refractivity contribution in [2.24, 2.45) is 5.73 Å². The predicted molar refractivity (Wildman–Crippen MR) is 79.0 cm³/mol. The van der Waals surface area contributed by atoms with Gasteiger partial charge in [-0.3, -0.25) is 9.59 Å². The number of rotatable bonds is 7. The molecule has 0 saturated heterocycles. The topological polar surface area (TPSA) is 63.4 Å². The fourth-order valence-electron chi connectivity index (χ4n) is 1.48. The van der Waals surface area contributed by atoms with Gasteiger partial charge in [0.25, 0.3) is 0 Å². The molecule has 0 aliphatic heterocycles. The second kappa shape index (κ2) is 7.96. The quantitative estimate of drug-likeness (QED) is 0.787. The molecule has 4 nitrogen and oxygen atoms in total. The van der Waals surface area contributed by atoms with E-state index < -0.39 is 5.91 Å². The van der Waals surface area contributed by atoms with Crippen LogP contribution >= 0.6 is 22.9 Å². The fraction of sp³-hybridized carbons (Fsp3) is 0.385. The van der Waals surface area contributed by atoms with Crippen molar-refractivity contribution in [3.8, 4) is 0 Å². The van der Waals surface area contributed by atoms with Crippen LogP contribution in [0.15, 0.2) is 18.2 Å². The molecule has 2 amide bonds. The van der Waals surface area contributed by atoms with Crippen molar-refractivity contribution in [2.75, 3.05) is 13.1 Å². The lowest BCUT2D eigenvalue weighted by Gasteiger charge is -2.18. The highest BCUT2D eigenvalue weighted by molar-refractivity contribution is 7.17. The first-order chi connectivity index (χ1) is 9.02. The molecule has 1 aromatic rings. The van der Waals surface area contributed by atoms with Gasteiger partial charge in [0.2, 0.25) is 11.8 Å². The average molecular weight is 301 g/mol. The molecule has 19 heavy (non-hydrogen) atoms. The Morgan fingerprint density at radius 1 is 1.47 bits per heavy atom. The Bertz CT molecular complexity index is 471. The normalized spacial score (nSPS) is 10.8. The first-order valence-corrected chi connectivity index (χ1v) is 7.23. The van der Waals surface area contributed by atoms with Crippen molar-refractivity contribution in [3.63, 3.8) is 0 Å². The third kappa shape index (κ3) is 5.89. The highest BCUT2D eigenvalue weighted by atomic mass is 35.5. The van der Waals surface area contributed by atoms with Gasteiger partial charge in [-0.25, -0.2) is 0 Å². The van der Waals surface area contributed by atoms with E-state index in [1.54, 1.807) is 12.1 Å². The minimum atomic E-state index is -0.503. The molecule has 104 valence electrons. The van der Waals surface area contributed by atoms with Gasteiger partial charge in [-0.2, -0.15) is 0 Å². The number of primary amides is 1. The van der Waals surface area contributed by atoms with Crippen molar-refractivity contribution in [2.45, 2.75) is 19.8 Å². The van der Waals surface area contributed by atoms with Crippen LogP contribution in [0.25, 0.3) is 6.08 Å². The van der Waals surface area contributed by atoms with Crippen molar-refractivity contribution in [3.05, 3.63) is 27.4 Å². The molecule has 0 fully saturated rings. The summed E-state index contributed by atoms with van der Waals surface area (Å²) in [5.41, 5.74) is 5.14. The first-order valence-electron chi connectivity index (χ1n) is 6.03. The number of halogens is 1. The number of thiophene rings is 1. The second-order valence-electron chi connectivity index (χ2n) is 4.05. The Balaban J connectivity index is 2.64. The highest BCUT2D eigenvalue weighted by Crippen LogP contribution is 2.22. The number of hydrogen-bond donors (Lipinski definition) is 1. The van der Waals surface area contributed by atoms with Crippen LogP contribution in [0.5, 0.6) is 0 Å². The van der Waals surface area contributed by atoms with E-state index >= 15 is 0 Å². The summed E-state index contributed by atoms with van der Waals surface area (Å²) >= 11 is 7.19. The Kier molecular flexibility index (Phi) is 6.59. The van der Waals surface area contributed by atoms with Gasteiger partial charge < -0.3 is 10.6 Å². The Labute approximate surface area is 121 Å². The monoisotopic (exact) mass is 300 g/mol. The van der Waals surface area contributed by atoms with Gasteiger partial charge in [0.05, 0.1) is 10.9 Å². The van der Waals surface area contributed by atoms with Crippen LogP contribution < -0.4 is 5.73 Å². The minimum Gasteiger partial charge on any atom is -0.368 e. The standard InChI is InChI=1S/C13H17ClN2O2S/c1-2-3-8-16(9-12(15)17)13(18)7-5-10-4-6-11(14)19-10/h4-7H,2-3,8-9H2,1H3,(H2,15,17). The maximum Gasteiger partial charge on any atom is 0.247 e. The fourth-order valence-corrected chi connectivity index (χ4v) is 2.44. The molecular weight excluding hydrogens is 284 g/mol. The Morgan fingerprint density at radius 3 is 2.74 bits per heavy atom. The summed E-state index contributed by atoms with van der Waals surface area (Å²) in [5, 5.41) is 0.